The van der Waals surface area contributed by atoms with E-state index in [2.05, 4.69) is 39.9 Å². The van der Waals surface area contributed by atoms with Gasteiger partial charge in [0.2, 0.25) is 15.9 Å². The highest BCUT2D eigenvalue weighted by molar-refractivity contribution is 14.1. The van der Waals surface area contributed by atoms with Gasteiger partial charge >= 0.3 is 0 Å². The normalized spacial score (nSPS) is 13.3. The Balaban J connectivity index is 2.96. The van der Waals surface area contributed by atoms with Crippen LogP contribution in [0.3, 0.4) is 0 Å². The number of amides is 1. The molecule has 0 aliphatic heterocycles. The Hall–Kier alpha value is -0.320. The first kappa shape index (κ1) is 14.7. The van der Waals surface area contributed by atoms with Crippen molar-refractivity contribution in [3.8, 4) is 0 Å². The minimum Gasteiger partial charge on any atom is -0.368 e. The fourth-order valence-corrected chi connectivity index (χ4v) is 3.01. The van der Waals surface area contributed by atoms with Crippen LogP contribution in [0.25, 0.3) is 0 Å². The number of halogens is 1. The van der Waals surface area contributed by atoms with Crippen molar-refractivity contribution in [2.24, 2.45) is 5.73 Å². The van der Waals surface area contributed by atoms with Crippen LogP contribution in [0.1, 0.15) is 0 Å². The summed E-state index contributed by atoms with van der Waals surface area (Å²) in [7, 11) is -3.74. The van der Waals surface area contributed by atoms with Gasteiger partial charge in [-0.2, -0.15) is 17.4 Å². The summed E-state index contributed by atoms with van der Waals surface area (Å²) in [4.78, 5) is 11.0. The monoisotopic (exact) mass is 386 g/mol. The summed E-state index contributed by atoms with van der Waals surface area (Å²) in [5.41, 5.74) is 5.04. The first-order valence-corrected chi connectivity index (χ1v) is 7.74. The number of primary amides is 1. The second kappa shape index (κ2) is 6.03. The van der Waals surface area contributed by atoms with Crippen LogP contribution in [-0.4, -0.2) is 26.1 Å². The maximum atomic E-state index is 11.9. The van der Waals surface area contributed by atoms with Gasteiger partial charge in [-0.3, -0.25) is 4.79 Å². The molecule has 0 unspecified atom stereocenters. The molecule has 0 aliphatic carbocycles. The van der Waals surface area contributed by atoms with Crippen molar-refractivity contribution < 1.29 is 13.2 Å². The van der Waals surface area contributed by atoms with Crippen molar-refractivity contribution in [3.63, 3.8) is 0 Å². The van der Waals surface area contributed by atoms with E-state index in [1.807, 2.05) is 0 Å². The average molecular weight is 386 g/mol. The second-order valence-corrected chi connectivity index (χ2v) is 6.54. The maximum absolute atomic E-state index is 11.9. The zero-order valence-corrected chi connectivity index (χ0v) is 12.5. The topological polar surface area (TPSA) is 89.3 Å². The average Bonchev–Trinajstić information content (AvgIpc) is 2.26. The maximum Gasteiger partial charge on any atom is 0.241 e. The van der Waals surface area contributed by atoms with Gasteiger partial charge in [0.1, 0.15) is 6.04 Å². The predicted octanol–water partition coefficient (Wildman–Crippen LogP) is 0.353. The molecule has 0 saturated carbocycles. The Labute approximate surface area is 119 Å². The molecule has 1 atom stereocenters. The third kappa shape index (κ3) is 4.12. The summed E-state index contributed by atoms with van der Waals surface area (Å²) < 4.78 is 26.8. The highest BCUT2D eigenvalue weighted by Gasteiger charge is 2.22. The molecule has 0 aliphatic rings. The molecule has 17 heavy (non-hydrogen) atoms. The van der Waals surface area contributed by atoms with Gasteiger partial charge in [-0.1, -0.05) is 0 Å². The molecule has 3 N–H and O–H groups in total. The van der Waals surface area contributed by atoms with Gasteiger partial charge in [-0.05, 0) is 46.9 Å². The summed E-state index contributed by atoms with van der Waals surface area (Å²) in [6, 6.07) is 5.23. The lowest BCUT2D eigenvalue weighted by Crippen LogP contribution is -2.45. The Bertz CT molecular complexity index is 501. The minimum absolute atomic E-state index is 0.0128. The minimum atomic E-state index is -3.74. The van der Waals surface area contributed by atoms with Crippen LogP contribution in [0.2, 0.25) is 0 Å². The largest absolute Gasteiger partial charge is 0.368 e. The molecule has 0 bridgehead atoms. The van der Waals surface area contributed by atoms with Crippen LogP contribution in [0.4, 0.5) is 0 Å². The molecule has 0 fully saturated rings. The van der Waals surface area contributed by atoms with E-state index in [1.165, 1.54) is 12.1 Å². The summed E-state index contributed by atoms with van der Waals surface area (Å²) in [6.07, 6.45) is 0. The smallest absolute Gasteiger partial charge is 0.241 e. The number of sulfonamides is 1. The number of benzene rings is 1. The molecular weight excluding hydrogens is 375 g/mol. The van der Waals surface area contributed by atoms with Gasteiger partial charge in [0.05, 0.1) is 4.90 Å². The van der Waals surface area contributed by atoms with E-state index in [0.717, 1.165) is 3.57 Å². The number of hydrogen-bond donors (Lipinski definition) is 3. The molecule has 0 aromatic heterocycles. The van der Waals surface area contributed by atoms with Crippen molar-refractivity contribution in [1.29, 1.82) is 0 Å². The van der Waals surface area contributed by atoms with Gasteiger partial charge < -0.3 is 5.73 Å². The van der Waals surface area contributed by atoms with E-state index in [9.17, 15) is 13.2 Å². The molecule has 94 valence electrons. The second-order valence-electron chi connectivity index (χ2n) is 3.21. The van der Waals surface area contributed by atoms with Crippen LogP contribution < -0.4 is 10.5 Å². The van der Waals surface area contributed by atoms with Gasteiger partial charge in [-0.15, -0.1) is 0 Å². The van der Waals surface area contributed by atoms with Gasteiger partial charge in [0, 0.05) is 9.32 Å². The molecule has 0 radical (unpaired) electrons. The lowest BCUT2D eigenvalue weighted by Gasteiger charge is -2.13. The van der Waals surface area contributed by atoms with Crippen LogP contribution in [0.15, 0.2) is 29.2 Å². The first-order valence-electron chi connectivity index (χ1n) is 4.55. The third-order valence-corrected chi connectivity index (χ3v) is 4.52. The standard InChI is InChI=1S/C9H11IN2O3S2/c10-6-1-3-7(4-2-6)17(14,15)12-8(5-16)9(11)13/h1-4,8,12,16H,5H2,(H2,11,13)/t8-/m0/s1. The fourth-order valence-electron chi connectivity index (χ4n) is 1.05. The number of carbonyl (C=O) groups excluding carboxylic acids is 1. The number of hydrogen-bond acceptors (Lipinski definition) is 4. The zero-order valence-electron chi connectivity index (χ0n) is 8.63. The Kier molecular flexibility index (Phi) is 5.22. The van der Waals surface area contributed by atoms with E-state index >= 15 is 0 Å². The van der Waals surface area contributed by atoms with E-state index in [1.54, 1.807) is 12.1 Å². The molecule has 1 aromatic rings. The number of rotatable bonds is 5. The highest BCUT2D eigenvalue weighted by atomic mass is 127. The molecule has 8 heteroatoms. The quantitative estimate of drug-likeness (QED) is 0.504. The SMILES string of the molecule is NC(=O)[C@H](CS)NS(=O)(=O)c1ccc(I)cc1. The molecule has 0 spiro atoms. The van der Waals surface area contributed by atoms with Crippen LogP contribution in [-0.2, 0) is 14.8 Å². The predicted molar refractivity (Wildman–Crippen MR) is 76.3 cm³/mol. The number of nitrogens with one attached hydrogen (secondary N) is 1. The van der Waals surface area contributed by atoms with Crippen molar-refractivity contribution in [3.05, 3.63) is 27.8 Å². The van der Waals surface area contributed by atoms with Crippen molar-refractivity contribution in [1.82, 2.24) is 4.72 Å². The van der Waals surface area contributed by atoms with Gasteiger partial charge in [0.15, 0.2) is 0 Å². The lowest BCUT2D eigenvalue weighted by molar-refractivity contribution is -0.119. The summed E-state index contributed by atoms with van der Waals surface area (Å²) >= 11 is 5.93. The Morgan fingerprint density at radius 3 is 2.35 bits per heavy atom. The Morgan fingerprint density at radius 1 is 1.41 bits per heavy atom. The summed E-state index contributed by atoms with van der Waals surface area (Å²) in [5.74, 6) is -0.743. The van der Waals surface area contributed by atoms with Crippen molar-refractivity contribution in [2.45, 2.75) is 10.9 Å². The Morgan fingerprint density at radius 2 is 1.94 bits per heavy atom. The molecule has 0 saturated heterocycles. The van der Waals surface area contributed by atoms with Crippen molar-refractivity contribution >= 4 is 51.2 Å². The fraction of sp³-hybridized carbons (Fsp3) is 0.222. The lowest BCUT2D eigenvalue weighted by atomic mass is 10.3. The highest BCUT2D eigenvalue weighted by Crippen LogP contribution is 2.12. The van der Waals surface area contributed by atoms with Crippen LogP contribution in [0, 0.1) is 3.57 Å². The van der Waals surface area contributed by atoms with E-state index < -0.39 is 22.0 Å². The summed E-state index contributed by atoms with van der Waals surface area (Å²) in [6.45, 7) is 0. The number of thiol groups is 1. The molecule has 0 heterocycles. The van der Waals surface area contributed by atoms with Crippen LogP contribution >= 0.6 is 35.2 Å². The third-order valence-electron chi connectivity index (χ3n) is 1.95. The molecule has 1 amide bonds. The molecule has 1 aromatic carbocycles. The van der Waals surface area contributed by atoms with Crippen LogP contribution in [0.5, 0.6) is 0 Å². The van der Waals surface area contributed by atoms with Gasteiger partial charge in [0.25, 0.3) is 0 Å². The van der Waals surface area contributed by atoms with E-state index in [4.69, 9.17) is 5.73 Å². The number of carbonyl (C=O) groups is 1. The van der Waals surface area contributed by atoms with E-state index in [0.29, 0.717) is 0 Å². The number of nitrogens with two attached hydrogens (primary N) is 1. The molecule has 1 rings (SSSR count). The zero-order chi connectivity index (χ0) is 13.1. The summed E-state index contributed by atoms with van der Waals surface area (Å²) in [5, 5.41) is 0. The van der Waals surface area contributed by atoms with E-state index in [-0.39, 0.29) is 10.6 Å². The first-order chi connectivity index (χ1) is 7.86. The molecular formula is C9H11IN2O3S2. The van der Waals surface area contributed by atoms with Crippen molar-refractivity contribution in [2.75, 3.05) is 5.75 Å². The van der Waals surface area contributed by atoms with Gasteiger partial charge in [-0.25, -0.2) is 8.42 Å². The molecule has 5 nitrogen and oxygen atoms in total.